The number of nitrogens with one attached hydrogen (secondary N) is 1. The highest BCUT2D eigenvalue weighted by molar-refractivity contribution is 9.10. The summed E-state index contributed by atoms with van der Waals surface area (Å²) >= 11 is 3.49. The minimum absolute atomic E-state index is 0.125. The average Bonchev–Trinajstić information content (AvgIpc) is 3.20. The number of likely N-dealkylation sites (N-methyl/N-ethyl adjacent to an activating group) is 1. The molecule has 1 aromatic carbocycles. The topological polar surface area (TPSA) is 66.4 Å². The molecule has 0 bridgehead atoms. The van der Waals surface area contributed by atoms with E-state index in [9.17, 15) is 4.39 Å². The molecule has 2 aromatic heterocycles. The number of aromatic nitrogens is 3. The third-order valence-corrected chi connectivity index (χ3v) is 6.64. The second-order valence-electron chi connectivity index (χ2n) is 8.38. The molecule has 2 aliphatic rings. The molecule has 0 amide bonds. The summed E-state index contributed by atoms with van der Waals surface area (Å²) in [7, 11) is 2.14. The number of piperazine rings is 1. The number of hydrogen-bond donors (Lipinski definition) is 1. The lowest BCUT2D eigenvalue weighted by Crippen LogP contribution is -2.44. The van der Waals surface area contributed by atoms with Crippen molar-refractivity contribution in [2.75, 3.05) is 43.4 Å². The number of fused-ring (bicyclic) bond motifs is 1. The highest BCUT2D eigenvalue weighted by Crippen LogP contribution is 2.37. The minimum atomic E-state index is -0.384. The Labute approximate surface area is 200 Å². The zero-order chi connectivity index (χ0) is 22.9. The molecule has 170 valence electrons. The van der Waals surface area contributed by atoms with Crippen LogP contribution in [-0.4, -0.2) is 53.1 Å². The molecule has 3 heterocycles. The molecule has 1 fully saturated rings. The van der Waals surface area contributed by atoms with Crippen molar-refractivity contribution in [3.8, 4) is 11.6 Å². The molecule has 1 N–H and O–H groups in total. The molecule has 0 saturated carbocycles. The first-order valence-electron chi connectivity index (χ1n) is 10.8. The van der Waals surface area contributed by atoms with Crippen LogP contribution >= 0.6 is 15.9 Å². The van der Waals surface area contributed by atoms with Crippen molar-refractivity contribution < 1.29 is 9.13 Å². The van der Waals surface area contributed by atoms with Gasteiger partial charge in [0.05, 0.1) is 11.9 Å². The number of benzene rings is 1. The Hall–Kier alpha value is -3.04. The molecule has 7 nitrogen and oxygen atoms in total. The number of nitrogens with zero attached hydrogens (tertiary/aromatic N) is 5. The van der Waals surface area contributed by atoms with Crippen molar-refractivity contribution in [1.82, 2.24) is 19.9 Å². The van der Waals surface area contributed by atoms with Crippen molar-refractivity contribution in [1.29, 1.82) is 0 Å². The van der Waals surface area contributed by atoms with E-state index in [1.54, 1.807) is 6.07 Å². The lowest BCUT2D eigenvalue weighted by molar-refractivity contribution is 0.313. The van der Waals surface area contributed by atoms with Crippen molar-refractivity contribution in [2.24, 2.45) is 0 Å². The van der Waals surface area contributed by atoms with Crippen LogP contribution < -0.4 is 15.0 Å². The SMILES string of the molecule is CC1=Cc2c(ccc(Oc3ncnc(Nc4ccc(N5CCN(C)CC5)cn4)c3Br)c2F)C1. The van der Waals surface area contributed by atoms with Crippen LogP contribution in [0.3, 0.4) is 0 Å². The minimum Gasteiger partial charge on any atom is -0.435 e. The van der Waals surface area contributed by atoms with Gasteiger partial charge < -0.3 is 19.9 Å². The third-order valence-electron chi connectivity index (χ3n) is 5.92. The molecule has 0 radical (unpaired) electrons. The van der Waals surface area contributed by atoms with E-state index in [0.29, 0.717) is 21.7 Å². The molecular formula is C24H24BrFN6O. The number of pyridine rings is 1. The molecule has 0 unspecified atom stereocenters. The molecule has 0 atom stereocenters. The van der Waals surface area contributed by atoms with Gasteiger partial charge in [0.25, 0.3) is 0 Å². The van der Waals surface area contributed by atoms with E-state index in [2.05, 4.69) is 53.0 Å². The van der Waals surface area contributed by atoms with Crippen LogP contribution in [0.15, 0.2) is 46.8 Å². The van der Waals surface area contributed by atoms with Crippen molar-refractivity contribution >= 4 is 39.3 Å². The summed E-state index contributed by atoms with van der Waals surface area (Å²) in [5.41, 5.74) is 3.77. The molecule has 5 rings (SSSR count). The number of hydrogen-bond acceptors (Lipinski definition) is 7. The van der Waals surface area contributed by atoms with E-state index in [1.165, 1.54) is 6.33 Å². The number of rotatable bonds is 5. The van der Waals surface area contributed by atoms with Crippen LogP contribution in [0.25, 0.3) is 6.08 Å². The summed E-state index contributed by atoms with van der Waals surface area (Å²) in [6, 6.07) is 7.49. The summed E-state index contributed by atoms with van der Waals surface area (Å²) in [6.07, 6.45) is 5.85. The van der Waals surface area contributed by atoms with Gasteiger partial charge in [0.1, 0.15) is 16.6 Å². The van der Waals surface area contributed by atoms with Gasteiger partial charge in [-0.1, -0.05) is 17.7 Å². The normalized spacial score (nSPS) is 15.9. The van der Waals surface area contributed by atoms with Gasteiger partial charge in [0, 0.05) is 31.7 Å². The first-order chi connectivity index (χ1) is 16.0. The average molecular weight is 511 g/mol. The monoisotopic (exact) mass is 510 g/mol. The van der Waals surface area contributed by atoms with Gasteiger partial charge in [-0.15, -0.1) is 0 Å². The summed E-state index contributed by atoms with van der Waals surface area (Å²) in [5.74, 6) is 1.09. The molecule has 3 aromatic rings. The van der Waals surface area contributed by atoms with Crippen LogP contribution in [0.5, 0.6) is 11.6 Å². The van der Waals surface area contributed by atoms with E-state index in [0.717, 1.165) is 49.4 Å². The van der Waals surface area contributed by atoms with E-state index >= 15 is 0 Å². The highest BCUT2D eigenvalue weighted by atomic mass is 79.9. The second-order valence-corrected chi connectivity index (χ2v) is 9.17. The Morgan fingerprint density at radius 1 is 1.06 bits per heavy atom. The van der Waals surface area contributed by atoms with Crippen molar-refractivity contribution in [2.45, 2.75) is 13.3 Å². The highest BCUT2D eigenvalue weighted by Gasteiger charge is 2.20. The molecule has 0 spiro atoms. The number of allylic oxidation sites excluding steroid dienone is 1. The lowest BCUT2D eigenvalue weighted by Gasteiger charge is -2.33. The van der Waals surface area contributed by atoms with Crippen LogP contribution in [0.4, 0.5) is 21.7 Å². The Kier molecular flexibility index (Phi) is 5.99. The van der Waals surface area contributed by atoms with Gasteiger partial charge >= 0.3 is 0 Å². The second kappa shape index (κ2) is 9.07. The van der Waals surface area contributed by atoms with E-state index in [-0.39, 0.29) is 17.4 Å². The van der Waals surface area contributed by atoms with E-state index < -0.39 is 0 Å². The standard InChI is InChI=1S/C24H24BrFN6O/c1-15-11-16-3-5-19(22(26)18(16)12-15)33-24-21(25)23(28-14-29-24)30-20-6-4-17(13-27-20)32-9-7-31(2)8-10-32/h3-6,12-14H,7-11H2,1-2H3,(H,27,28,29,30). The molecule has 9 heteroatoms. The largest absolute Gasteiger partial charge is 0.435 e. The smallest absolute Gasteiger partial charge is 0.239 e. The third kappa shape index (κ3) is 4.56. The lowest BCUT2D eigenvalue weighted by atomic mass is 10.1. The molecular weight excluding hydrogens is 487 g/mol. The number of ether oxygens (including phenoxy) is 1. The predicted octanol–water partition coefficient (Wildman–Crippen LogP) is 5.02. The summed E-state index contributed by atoms with van der Waals surface area (Å²) < 4.78 is 21.3. The van der Waals surface area contributed by atoms with E-state index in [4.69, 9.17) is 4.74 Å². The van der Waals surface area contributed by atoms with Crippen molar-refractivity contribution in [3.63, 3.8) is 0 Å². The Morgan fingerprint density at radius 3 is 2.64 bits per heavy atom. The van der Waals surface area contributed by atoms with Gasteiger partial charge in [-0.2, -0.15) is 0 Å². The fraction of sp³-hybridized carbons (Fsp3) is 0.292. The Morgan fingerprint density at radius 2 is 1.88 bits per heavy atom. The predicted molar refractivity (Wildman–Crippen MR) is 131 cm³/mol. The summed E-state index contributed by atoms with van der Waals surface area (Å²) in [4.78, 5) is 17.6. The van der Waals surface area contributed by atoms with Crippen LogP contribution in [0.1, 0.15) is 18.1 Å². The van der Waals surface area contributed by atoms with Gasteiger partial charge in [-0.05, 0) is 60.1 Å². The van der Waals surface area contributed by atoms with Crippen LogP contribution in [-0.2, 0) is 6.42 Å². The summed E-state index contributed by atoms with van der Waals surface area (Å²) in [5, 5.41) is 3.18. The fourth-order valence-corrected chi connectivity index (χ4v) is 4.43. The molecule has 1 aliphatic heterocycles. The molecule has 33 heavy (non-hydrogen) atoms. The molecule has 1 aliphatic carbocycles. The maximum atomic E-state index is 15.0. The zero-order valence-electron chi connectivity index (χ0n) is 18.5. The number of anilines is 3. The Bertz CT molecular complexity index is 1210. The fourth-order valence-electron chi connectivity index (χ4n) is 4.05. The van der Waals surface area contributed by atoms with Crippen LogP contribution in [0, 0.1) is 5.82 Å². The van der Waals surface area contributed by atoms with Gasteiger partial charge in [-0.25, -0.2) is 19.3 Å². The Balaban J connectivity index is 1.32. The first-order valence-corrected chi connectivity index (χ1v) is 11.6. The molecule has 1 saturated heterocycles. The van der Waals surface area contributed by atoms with Gasteiger partial charge in [0.2, 0.25) is 5.88 Å². The van der Waals surface area contributed by atoms with Crippen molar-refractivity contribution in [3.05, 3.63) is 63.8 Å². The summed E-state index contributed by atoms with van der Waals surface area (Å²) in [6.45, 7) is 6.04. The maximum absolute atomic E-state index is 15.0. The van der Waals surface area contributed by atoms with Gasteiger partial charge in [-0.3, -0.25) is 0 Å². The maximum Gasteiger partial charge on any atom is 0.239 e. The number of halogens is 2. The first kappa shape index (κ1) is 21.8. The quantitative estimate of drug-likeness (QED) is 0.516. The zero-order valence-corrected chi connectivity index (χ0v) is 20.1. The van der Waals surface area contributed by atoms with E-state index in [1.807, 2.05) is 37.4 Å². The van der Waals surface area contributed by atoms with Crippen LogP contribution in [0.2, 0.25) is 0 Å². The van der Waals surface area contributed by atoms with Gasteiger partial charge in [0.15, 0.2) is 17.4 Å².